The molecule has 1 aliphatic heterocycles. The number of carbonyl (C=O) groups is 1. The van der Waals surface area contributed by atoms with Crippen LogP contribution in [0.15, 0.2) is 18.2 Å². The van der Waals surface area contributed by atoms with Crippen LogP contribution in [0.1, 0.15) is 6.42 Å². The molecule has 0 N–H and O–H groups in total. The van der Waals surface area contributed by atoms with Gasteiger partial charge in [-0.2, -0.15) is 8.42 Å². The number of para-hydroxylation sites is 1. The van der Waals surface area contributed by atoms with E-state index in [0.29, 0.717) is 0 Å². The second-order valence-electron chi connectivity index (χ2n) is 3.88. The molecule has 0 aliphatic carbocycles. The predicted molar refractivity (Wildman–Crippen MR) is 67.2 cm³/mol. The largest absolute Gasteiger partial charge is 0.308 e. The molecule has 98 valence electrons. The zero-order valence-electron chi connectivity index (χ0n) is 8.94. The molecule has 1 aliphatic rings. The normalized spacial score (nSPS) is 20.5. The van der Waals surface area contributed by atoms with Crippen LogP contribution in [0.25, 0.3) is 0 Å². The Morgan fingerprint density at radius 3 is 2.28 bits per heavy atom. The number of benzene rings is 1. The maximum atomic E-state index is 12.9. The molecule has 1 atom stereocenters. The van der Waals surface area contributed by atoms with E-state index in [2.05, 4.69) is 0 Å². The van der Waals surface area contributed by atoms with Gasteiger partial charge in [0.2, 0.25) is 5.91 Å². The molecule has 0 spiro atoms. The second kappa shape index (κ2) is 4.68. The van der Waals surface area contributed by atoms with Crippen LogP contribution >= 0.6 is 23.2 Å². The highest BCUT2D eigenvalue weighted by molar-refractivity contribution is 7.87. The first kappa shape index (κ1) is 13.6. The highest BCUT2D eigenvalue weighted by Crippen LogP contribution is 2.37. The van der Waals surface area contributed by atoms with Crippen molar-refractivity contribution in [3.8, 4) is 0 Å². The molecule has 18 heavy (non-hydrogen) atoms. The summed E-state index contributed by atoms with van der Waals surface area (Å²) in [6.07, 6.45) is -0.402. The van der Waals surface area contributed by atoms with Crippen molar-refractivity contribution in [2.45, 2.75) is 11.7 Å². The Kier molecular flexibility index (Phi) is 3.53. The minimum atomic E-state index is -4.75. The lowest BCUT2D eigenvalue weighted by Gasteiger charge is -2.18. The van der Waals surface area contributed by atoms with Gasteiger partial charge in [0.1, 0.15) is 5.25 Å². The molecule has 4 nitrogen and oxygen atoms in total. The molecule has 1 aromatic rings. The van der Waals surface area contributed by atoms with E-state index in [1.807, 2.05) is 0 Å². The van der Waals surface area contributed by atoms with Crippen LogP contribution in [0.3, 0.4) is 0 Å². The third-order valence-corrected chi connectivity index (χ3v) is 4.42. The summed E-state index contributed by atoms with van der Waals surface area (Å²) >= 11 is 11.8. The van der Waals surface area contributed by atoms with E-state index >= 15 is 0 Å². The van der Waals surface area contributed by atoms with Crippen molar-refractivity contribution in [2.75, 3.05) is 11.4 Å². The van der Waals surface area contributed by atoms with Gasteiger partial charge in [-0.15, -0.1) is 3.89 Å². The van der Waals surface area contributed by atoms with Crippen LogP contribution in [0.5, 0.6) is 0 Å². The third kappa shape index (κ3) is 2.46. The van der Waals surface area contributed by atoms with E-state index in [1.165, 1.54) is 12.1 Å². The molecule has 2 rings (SSSR count). The van der Waals surface area contributed by atoms with Crippen LogP contribution < -0.4 is 4.90 Å². The van der Waals surface area contributed by atoms with Crippen molar-refractivity contribution >= 4 is 45.0 Å². The standard InChI is InChI=1S/C10H8Cl2FNO3S/c11-7-2-1-3-8(12)10(7)14-5-6(4-9(14)15)18(13,16)17/h1-3,6H,4-5H2. The fourth-order valence-corrected chi connectivity index (χ4v) is 3.10. The molecular weight excluding hydrogens is 304 g/mol. The van der Waals surface area contributed by atoms with Crippen molar-refractivity contribution in [3.63, 3.8) is 0 Å². The SMILES string of the molecule is O=C1CC(S(=O)(=O)F)CN1c1c(Cl)cccc1Cl. The lowest BCUT2D eigenvalue weighted by molar-refractivity contribution is -0.117. The lowest BCUT2D eigenvalue weighted by Crippen LogP contribution is -2.27. The van der Waals surface area contributed by atoms with E-state index in [4.69, 9.17) is 23.2 Å². The molecule has 1 saturated heterocycles. The number of hydrogen-bond acceptors (Lipinski definition) is 3. The molecule has 1 heterocycles. The quantitative estimate of drug-likeness (QED) is 0.788. The summed E-state index contributed by atoms with van der Waals surface area (Å²) in [6.45, 7) is -0.277. The Morgan fingerprint density at radius 2 is 1.83 bits per heavy atom. The minimum absolute atomic E-state index is 0.216. The Labute approximate surface area is 113 Å². The van der Waals surface area contributed by atoms with Gasteiger partial charge < -0.3 is 4.90 Å². The molecule has 1 amide bonds. The Balaban J connectivity index is 2.39. The number of carbonyl (C=O) groups excluding carboxylic acids is 1. The summed E-state index contributed by atoms with van der Waals surface area (Å²) < 4.78 is 34.5. The number of anilines is 1. The number of hydrogen-bond donors (Lipinski definition) is 0. The zero-order chi connectivity index (χ0) is 13.5. The van der Waals surface area contributed by atoms with Gasteiger partial charge in [0.05, 0.1) is 15.7 Å². The van der Waals surface area contributed by atoms with Crippen molar-refractivity contribution in [2.24, 2.45) is 0 Å². The molecular formula is C10H8Cl2FNO3S. The monoisotopic (exact) mass is 311 g/mol. The number of nitrogens with zero attached hydrogens (tertiary/aromatic N) is 1. The maximum Gasteiger partial charge on any atom is 0.307 e. The summed E-state index contributed by atoms with van der Waals surface area (Å²) in [5.41, 5.74) is 0.219. The lowest BCUT2D eigenvalue weighted by atomic mass is 10.3. The van der Waals surface area contributed by atoms with E-state index in [-0.39, 0.29) is 22.3 Å². The molecule has 1 fully saturated rings. The van der Waals surface area contributed by atoms with E-state index < -0.39 is 27.8 Å². The first-order valence-electron chi connectivity index (χ1n) is 4.98. The Morgan fingerprint density at radius 1 is 1.28 bits per heavy atom. The number of rotatable bonds is 2. The van der Waals surface area contributed by atoms with Crippen molar-refractivity contribution in [3.05, 3.63) is 28.2 Å². The van der Waals surface area contributed by atoms with Crippen LogP contribution in [-0.4, -0.2) is 26.1 Å². The van der Waals surface area contributed by atoms with Crippen molar-refractivity contribution < 1.29 is 17.1 Å². The highest BCUT2D eigenvalue weighted by atomic mass is 35.5. The first-order chi connectivity index (χ1) is 8.30. The Hall–Kier alpha value is -0.850. The van der Waals surface area contributed by atoms with Crippen molar-refractivity contribution in [1.82, 2.24) is 0 Å². The average Bonchev–Trinajstić information content (AvgIpc) is 2.60. The summed E-state index contributed by atoms with van der Waals surface area (Å²) in [4.78, 5) is 12.8. The van der Waals surface area contributed by atoms with Gasteiger partial charge in [-0.3, -0.25) is 4.79 Å². The number of amides is 1. The molecule has 0 saturated carbocycles. The average molecular weight is 312 g/mol. The fraction of sp³-hybridized carbons (Fsp3) is 0.300. The summed E-state index contributed by atoms with van der Waals surface area (Å²) in [7, 11) is -4.75. The Bertz CT molecular complexity index is 585. The van der Waals surface area contributed by atoms with Crippen molar-refractivity contribution in [1.29, 1.82) is 0 Å². The molecule has 0 bridgehead atoms. The maximum absolute atomic E-state index is 12.9. The zero-order valence-corrected chi connectivity index (χ0v) is 11.3. The second-order valence-corrected chi connectivity index (χ2v) is 6.31. The van der Waals surface area contributed by atoms with Crippen LogP contribution in [0.4, 0.5) is 9.57 Å². The van der Waals surface area contributed by atoms with Crippen LogP contribution in [-0.2, 0) is 15.0 Å². The highest BCUT2D eigenvalue weighted by Gasteiger charge is 2.40. The minimum Gasteiger partial charge on any atom is -0.308 e. The van der Waals surface area contributed by atoms with Gasteiger partial charge in [0, 0.05) is 13.0 Å². The molecule has 0 radical (unpaired) electrons. The topological polar surface area (TPSA) is 54.5 Å². The van der Waals surface area contributed by atoms with Crippen LogP contribution in [0, 0.1) is 0 Å². The summed E-state index contributed by atoms with van der Waals surface area (Å²) in [5, 5.41) is -0.933. The van der Waals surface area contributed by atoms with Gasteiger partial charge in [0.25, 0.3) is 0 Å². The van der Waals surface area contributed by atoms with Gasteiger partial charge in [-0.1, -0.05) is 29.3 Å². The van der Waals surface area contributed by atoms with Gasteiger partial charge in [-0.25, -0.2) is 0 Å². The summed E-state index contributed by atoms with van der Waals surface area (Å²) in [5.74, 6) is -0.517. The van der Waals surface area contributed by atoms with E-state index in [9.17, 15) is 17.1 Å². The third-order valence-electron chi connectivity index (χ3n) is 2.70. The van der Waals surface area contributed by atoms with Gasteiger partial charge in [0.15, 0.2) is 0 Å². The molecule has 8 heteroatoms. The van der Waals surface area contributed by atoms with Crippen LogP contribution in [0.2, 0.25) is 10.0 Å². The van der Waals surface area contributed by atoms with E-state index in [1.54, 1.807) is 6.07 Å². The van der Waals surface area contributed by atoms with E-state index in [0.717, 1.165) is 4.90 Å². The smallest absolute Gasteiger partial charge is 0.307 e. The van der Waals surface area contributed by atoms with Gasteiger partial charge in [-0.05, 0) is 12.1 Å². The molecule has 1 aromatic carbocycles. The first-order valence-corrected chi connectivity index (χ1v) is 7.19. The fourth-order valence-electron chi connectivity index (χ4n) is 1.83. The molecule has 0 aromatic heterocycles. The summed E-state index contributed by atoms with van der Waals surface area (Å²) in [6, 6.07) is 4.64. The number of halogens is 3. The molecule has 1 unspecified atom stereocenters. The predicted octanol–water partition coefficient (Wildman–Crippen LogP) is 2.40. The van der Waals surface area contributed by atoms with Gasteiger partial charge >= 0.3 is 10.2 Å².